The van der Waals surface area contributed by atoms with Crippen molar-refractivity contribution in [3.63, 3.8) is 0 Å². The second-order valence-electron chi connectivity index (χ2n) is 8.14. The lowest BCUT2D eigenvalue weighted by atomic mass is 10.0. The molecular weight excluding hydrogens is 412 g/mol. The Morgan fingerprint density at radius 1 is 0.906 bits per heavy atom. The van der Waals surface area contributed by atoms with Crippen LogP contribution in [0.4, 0.5) is 4.79 Å². The third-order valence-electron chi connectivity index (χ3n) is 4.73. The summed E-state index contributed by atoms with van der Waals surface area (Å²) in [7, 11) is 2.85. The van der Waals surface area contributed by atoms with Crippen molar-refractivity contribution in [2.75, 3.05) is 14.2 Å². The molecule has 1 amide bonds. The van der Waals surface area contributed by atoms with Gasteiger partial charge in [0.2, 0.25) is 11.6 Å². The second kappa shape index (κ2) is 11.0. The van der Waals surface area contributed by atoms with Crippen LogP contribution in [-0.4, -0.2) is 53.5 Å². The minimum absolute atomic E-state index is 0.00246. The van der Waals surface area contributed by atoms with Gasteiger partial charge in [-0.05, 0) is 47.1 Å². The maximum absolute atomic E-state index is 13.2. The van der Waals surface area contributed by atoms with E-state index in [0.29, 0.717) is 5.56 Å². The normalized spacial score (nSPS) is 12.1. The predicted molar refractivity (Wildman–Crippen MR) is 122 cm³/mol. The average molecular weight is 447 g/mol. The summed E-state index contributed by atoms with van der Waals surface area (Å²) in [6.07, 6.45) is -2.03. The molecule has 0 saturated carbocycles. The summed E-state index contributed by atoms with van der Waals surface area (Å²) >= 11 is 0. The fourth-order valence-corrected chi connectivity index (χ4v) is 3.45. The minimum atomic E-state index is -1.19. The van der Waals surface area contributed by atoms with Crippen LogP contribution in [0.1, 0.15) is 58.8 Å². The smallest absolute Gasteiger partial charge is 0.415 e. The molecule has 0 fully saturated rings. The molecule has 1 heterocycles. The molecule has 2 rings (SSSR count). The molecule has 0 spiro atoms. The van der Waals surface area contributed by atoms with Crippen molar-refractivity contribution in [1.29, 1.82) is 0 Å². The molecule has 1 N–H and O–H groups in total. The zero-order valence-corrected chi connectivity index (χ0v) is 20.1. The molecule has 0 saturated heterocycles. The Hall–Kier alpha value is -3.00. The van der Waals surface area contributed by atoms with Gasteiger partial charge >= 0.3 is 6.09 Å². The number of rotatable bonds is 9. The summed E-state index contributed by atoms with van der Waals surface area (Å²) in [5.41, 5.74) is 0.764. The first-order valence-corrected chi connectivity index (χ1v) is 10.7. The number of benzene rings is 1. The lowest BCUT2D eigenvalue weighted by Gasteiger charge is -2.30. The molecule has 32 heavy (non-hydrogen) atoms. The van der Waals surface area contributed by atoms with Gasteiger partial charge in [0.25, 0.3) is 5.88 Å². The van der Waals surface area contributed by atoms with E-state index in [1.807, 2.05) is 47.6 Å². The van der Waals surface area contributed by atoms with Crippen LogP contribution in [0.2, 0.25) is 0 Å². The van der Waals surface area contributed by atoms with Gasteiger partial charge in [0.05, 0.1) is 25.9 Å². The fourth-order valence-electron chi connectivity index (χ4n) is 3.45. The topological polar surface area (TPSA) is 90.3 Å². The van der Waals surface area contributed by atoms with Crippen LogP contribution in [0.5, 0.6) is 23.3 Å². The number of aliphatic hydroxyl groups excluding tert-OH is 1. The quantitative estimate of drug-likeness (QED) is 0.603. The Morgan fingerprint density at radius 3 is 1.97 bits per heavy atom. The van der Waals surface area contributed by atoms with Crippen molar-refractivity contribution in [2.45, 2.75) is 65.8 Å². The van der Waals surface area contributed by atoms with Gasteiger partial charge in [-0.3, -0.25) is 0 Å². The summed E-state index contributed by atoms with van der Waals surface area (Å²) in [6, 6.07) is 8.78. The van der Waals surface area contributed by atoms with E-state index in [1.54, 1.807) is 29.2 Å². The van der Waals surface area contributed by atoms with Crippen molar-refractivity contribution in [1.82, 2.24) is 9.88 Å². The Balaban J connectivity index is 2.75. The number of hydrogen-bond acceptors (Lipinski definition) is 7. The molecule has 0 aliphatic carbocycles. The van der Waals surface area contributed by atoms with Crippen molar-refractivity contribution in [3.8, 4) is 23.3 Å². The third kappa shape index (κ3) is 5.62. The van der Waals surface area contributed by atoms with E-state index in [4.69, 9.17) is 18.9 Å². The highest BCUT2D eigenvalue weighted by Crippen LogP contribution is 2.47. The van der Waals surface area contributed by atoms with Crippen LogP contribution in [0.25, 0.3) is 0 Å². The number of methoxy groups -OCH3 is 2. The molecule has 0 aliphatic heterocycles. The van der Waals surface area contributed by atoms with Crippen LogP contribution < -0.4 is 18.9 Å². The molecule has 8 nitrogen and oxygen atoms in total. The van der Waals surface area contributed by atoms with E-state index in [1.165, 1.54) is 14.2 Å². The van der Waals surface area contributed by atoms with Gasteiger partial charge in [-0.1, -0.05) is 30.3 Å². The largest absolute Gasteiger partial charge is 0.489 e. The van der Waals surface area contributed by atoms with Crippen LogP contribution in [0.3, 0.4) is 0 Å². The summed E-state index contributed by atoms with van der Waals surface area (Å²) in [4.78, 5) is 19.2. The Morgan fingerprint density at radius 2 is 1.50 bits per heavy atom. The number of amides is 1. The number of carbonyl (C=O) groups is 1. The Labute approximate surface area is 190 Å². The van der Waals surface area contributed by atoms with Crippen molar-refractivity contribution < 1.29 is 28.8 Å². The van der Waals surface area contributed by atoms with Gasteiger partial charge in [-0.25, -0.2) is 4.79 Å². The highest BCUT2D eigenvalue weighted by Gasteiger charge is 2.33. The first-order chi connectivity index (χ1) is 15.1. The number of ether oxygens (including phenoxy) is 4. The average Bonchev–Trinajstić information content (AvgIpc) is 2.72. The van der Waals surface area contributed by atoms with Gasteiger partial charge in [-0.2, -0.15) is 4.98 Å². The Bertz CT molecular complexity index is 891. The Kier molecular flexibility index (Phi) is 8.72. The van der Waals surface area contributed by atoms with E-state index in [-0.39, 0.29) is 47.0 Å². The molecule has 1 aromatic carbocycles. The van der Waals surface area contributed by atoms with Crippen molar-refractivity contribution >= 4 is 6.09 Å². The summed E-state index contributed by atoms with van der Waals surface area (Å²) in [6.45, 7) is 11.3. The number of aromatic nitrogens is 1. The van der Waals surface area contributed by atoms with Gasteiger partial charge in [0.15, 0.2) is 5.75 Å². The van der Waals surface area contributed by atoms with Gasteiger partial charge in [0, 0.05) is 12.1 Å². The maximum Gasteiger partial charge on any atom is 0.415 e. The van der Waals surface area contributed by atoms with Crippen molar-refractivity contribution in [2.24, 2.45) is 0 Å². The van der Waals surface area contributed by atoms with Crippen molar-refractivity contribution in [3.05, 3.63) is 41.5 Å². The molecule has 8 heteroatoms. The number of hydrogen-bond donors (Lipinski definition) is 1. The lowest BCUT2D eigenvalue weighted by Crippen LogP contribution is -2.43. The zero-order valence-electron chi connectivity index (χ0n) is 20.1. The van der Waals surface area contributed by atoms with Crippen LogP contribution >= 0.6 is 0 Å². The second-order valence-corrected chi connectivity index (χ2v) is 8.14. The number of aliphatic hydroxyl groups is 1. The van der Waals surface area contributed by atoms with E-state index >= 15 is 0 Å². The molecule has 1 atom stereocenters. The van der Waals surface area contributed by atoms with E-state index in [9.17, 15) is 9.90 Å². The molecule has 0 bridgehead atoms. The summed E-state index contributed by atoms with van der Waals surface area (Å²) < 4.78 is 22.6. The molecule has 0 aliphatic rings. The van der Waals surface area contributed by atoms with Crippen LogP contribution in [0, 0.1) is 0 Å². The van der Waals surface area contributed by atoms with E-state index < -0.39 is 12.2 Å². The maximum atomic E-state index is 13.2. The number of nitrogens with zero attached hydrogens (tertiary/aromatic N) is 2. The fraction of sp³-hybridized carbons (Fsp3) is 0.500. The first kappa shape index (κ1) is 25.3. The van der Waals surface area contributed by atoms with E-state index in [2.05, 4.69) is 4.98 Å². The van der Waals surface area contributed by atoms with Gasteiger partial charge in [0.1, 0.15) is 6.10 Å². The third-order valence-corrected chi connectivity index (χ3v) is 4.73. The number of pyridine rings is 1. The molecule has 1 aromatic heterocycles. The lowest BCUT2D eigenvalue weighted by molar-refractivity contribution is 0.118. The van der Waals surface area contributed by atoms with Gasteiger partial charge < -0.3 is 29.0 Å². The SMILES string of the molecule is COc1nc(OC(C)C)c(C(O)c2ccccc2)c(OC(=O)N(C(C)C)C(C)C)c1OC. The summed E-state index contributed by atoms with van der Waals surface area (Å²) in [5, 5.41) is 11.3. The van der Waals surface area contributed by atoms with Crippen LogP contribution in [-0.2, 0) is 0 Å². The zero-order chi connectivity index (χ0) is 24.0. The number of carbonyl (C=O) groups excluding carboxylic acids is 1. The molecule has 0 radical (unpaired) electrons. The van der Waals surface area contributed by atoms with Crippen LogP contribution in [0.15, 0.2) is 30.3 Å². The highest BCUT2D eigenvalue weighted by atomic mass is 16.6. The van der Waals surface area contributed by atoms with E-state index in [0.717, 1.165) is 0 Å². The monoisotopic (exact) mass is 446 g/mol. The molecule has 2 aromatic rings. The van der Waals surface area contributed by atoms with Gasteiger partial charge in [-0.15, -0.1) is 0 Å². The minimum Gasteiger partial charge on any atom is -0.489 e. The molecular formula is C24H34N2O6. The standard InChI is InChI=1S/C24H34N2O6/c1-14(2)26(15(3)4)24(28)32-20-18(19(27)17-12-10-9-11-13-17)22(31-16(5)6)25-23(30-8)21(20)29-7/h9-16,19,27H,1-8H3. The molecule has 176 valence electrons. The first-order valence-electron chi connectivity index (χ1n) is 10.7. The summed E-state index contributed by atoms with van der Waals surface area (Å²) in [5.74, 6) is 0.269. The predicted octanol–water partition coefficient (Wildman–Crippen LogP) is 4.59. The highest BCUT2D eigenvalue weighted by molar-refractivity contribution is 5.74. The molecule has 1 unspecified atom stereocenters.